The summed E-state index contributed by atoms with van der Waals surface area (Å²) in [6.45, 7) is 12.1. The first-order chi connectivity index (χ1) is 15.9. The van der Waals surface area contributed by atoms with Crippen LogP contribution in [0.4, 0.5) is 0 Å². The minimum absolute atomic E-state index is 0.115. The maximum Gasteiger partial charge on any atom is 0.246 e. The predicted molar refractivity (Wildman–Crippen MR) is 118 cm³/mol. The van der Waals surface area contributed by atoms with Crippen molar-refractivity contribution in [2.24, 2.45) is 34.0 Å². The molecule has 4 saturated heterocycles. The molecule has 4 bridgehead atoms. The fraction of sp³-hybridized carbons (Fsp3) is 0.846. The van der Waals surface area contributed by atoms with Crippen molar-refractivity contribution in [1.29, 1.82) is 0 Å². The van der Waals surface area contributed by atoms with Crippen LogP contribution in [0, 0.1) is 34.0 Å². The van der Waals surface area contributed by atoms with Gasteiger partial charge in [0.05, 0.1) is 25.4 Å². The van der Waals surface area contributed by atoms with Crippen LogP contribution in [0.3, 0.4) is 0 Å². The number of ketones is 1. The van der Waals surface area contributed by atoms with Crippen LogP contribution in [0.1, 0.15) is 53.4 Å². The highest BCUT2D eigenvalue weighted by atomic mass is 16.8. The smallest absolute Gasteiger partial charge is 0.246 e. The number of hydrogen-bond donors (Lipinski definition) is 2. The lowest BCUT2D eigenvalue weighted by Crippen LogP contribution is -2.88. The maximum absolute atomic E-state index is 14.8. The molecule has 4 aliphatic carbocycles. The molecule has 8 heteroatoms. The molecule has 8 aliphatic rings. The van der Waals surface area contributed by atoms with Crippen LogP contribution >= 0.6 is 0 Å². The third-order valence-electron chi connectivity index (χ3n) is 11.1. The zero-order valence-corrected chi connectivity index (χ0v) is 20.4. The van der Waals surface area contributed by atoms with Crippen molar-refractivity contribution >= 4 is 11.7 Å². The summed E-state index contributed by atoms with van der Waals surface area (Å²) in [5.74, 6) is -3.79. The molecular weight excluding hydrogens is 438 g/mol. The highest BCUT2D eigenvalue weighted by molar-refractivity contribution is 6.07. The minimum atomic E-state index is -1.57. The second-order valence-corrected chi connectivity index (χ2v) is 13.1. The predicted octanol–water partition coefficient (Wildman–Crippen LogP) is 1.38. The van der Waals surface area contributed by atoms with E-state index in [1.54, 1.807) is 4.90 Å². The first-order valence-electron chi connectivity index (χ1n) is 12.7. The van der Waals surface area contributed by atoms with Crippen LogP contribution in [-0.4, -0.2) is 75.4 Å². The molecule has 1 amide bonds. The van der Waals surface area contributed by atoms with Gasteiger partial charge in [0, 0.05) is 17.3 Å². The largest absolute Gasteiger partial charge is 0.392 e. The second-order valence-electron chi connectivity index (χ2n) is 13.1. The Hall–Kier alpha value is -1.32. The van der Waals surface area contributed by atoms with Gasteiger partial charge >= 0.3 is 0 Å². The normalized spacial score (nSPS) is 57.2. The average molecular weight is 474 g/mol. The standard InChI is InChI=1S/C26H35NO7/c1-6-16(29)27-11-24(27)13-7-8-14-23-12-32-26(18(30)17(23)21(2,3)10-9-15(23)28)25(14,20(24)31)19(13)33-22(4,5)34-26/h6,13-15,17-19,28,30H,1,7-12H2,2-5H3/t13-,14+,15+,17-,18+,19-,23-,24?,25-,26-,27?/m1/s1. The van der Waals surface area contributed by atoms with Crippen molar-refractivity contribution in [2.45, 2.75) is 88.8 Å². The summed E-state index contributed by atoms with van der Waals surface area (Å²) in [6, 6.07) is 0. The number of aliphatic hydroxyl groups excluding tert-OH is 2. The molecule has 186 valence electrons. The number of ether oxygens (including phenoxy) is 3. The third-order valence-corrected chi connectivity index (χ3v) is 11.1. The van der Waals surface area contributed by atoms with Crippen molar-refractivity contribution in [3.8, 4) is 0 Å². The van der Waals surface area contributed by atoms with E-state index in [9.17, 15) is 19.8 Å². The van der Waals surface area contributed by atoms with Crippen LogP contribution in [0.15, 0.2) is 12.7 Å². The molecule has 0 aromatic heterocycles. The summed E-state index contributed by atoms with van der Waals surface area (Å²) < 4.78 is 19.7. The lowest BCUT2D eigenvalue weighted by atomic mass is 9.35. The van der Waals surface area contributed by atoms with Crippen molar-refractivity contribution in [1.82, 2.24) is 4.90 Å². The van der Waals surface area contributed by atoms with E-state index >= 15 is 0 Å². The Kier molecular flexibility index (Phi) is 3.74. The molecule has 4 aliphatic heterocycles. The van der Waals surface area contributed by atoms with Gasteiger partial charge in [-0.3, -0.25) is 9.59 Å². The van der Waals surface area contributed by atoms with E-state index in [-0.39, 0.29) is 41.5 Å². The van der Waals surface area contributed by atoms with Crippen molar-refractivity contribution in [2.75, 3.05) is 13.2 Å². The van der Waals surface area contributed by atoms with Crippen LogP contribution in [0.2, 0.25) is 0 Å². The molecule has 8 nitrogen and oxygen atoms in total. The van der Waals surface area contributed by atoms with Gasteiger partial charge in [-0.15, -0.1) is 0 Å². The van der Waals surface area contributed by atoms with Crippen LogP contribution in [-0.2, 0) is 23.8 Å². The average Bonchev–Trinajstić information content (AvgIpc) is 3.50. The molecule has 2 N–H and O–H groups in total. The topological polar surface area (TPSA) is 105 Å². The van der Waals surface area contributed by atoms with Crippen LogP contribution in [0.5, 0.6) is 0 Å². The summed E-state index contributed by atoms with van der Waals surface area (Å²) in [5.41, 5.74) is -3.30. The van der Waals surface area contributed by atoms with Crippen LogP contribution < -0.4 is 0 Å². The van der Waals surface area contributed by atoms with Gasteiger partial charge in [-0.25, -0.2) is 0 Å². The van der Waals surface area contributed by atoms with E-state index in [0.29, 0.717) is 25.8 Å². The number of hydrogen-bond acceptors (Lipinski definition) is 7. The summed E-state index contributed by atoms with van der Waals surface area (Å²) >= 11 is 0. The van der Waals surface area contributed by atoms with E-state index in [2.05, 4.69) is 20.4 Å². The molecule has 1 unspecified atom stereocenters. The van der Waals surface area contributed by atoms with E-state index in [1.165, 1.54) is 6.08 Å². The first kappa shape index (κ1) is 21.9. The molecule has 10 atom stereocenters. The van der Waals surface area contributed by atoms with E-state index < -0.39 is 46.3 Å². The number of nitrogens with zero attached hydrogens (tertiary/aromatic N) is 1. The molecule has 8 rings (SSSR count). The number of aliphatic hydroxyl groups is 2. The SMILES string of the molecule is C=CC(=O)N1CC12C(=O)[C@@]13[C@@H]4OC(C)(C)O[C@@]15OC[C@@]1([C@H]([C@@H]5O)C(C)(C)CC[C@@H]1O)[C@@H]3CC[C@H]42. The Morgan fingerprint density at radius 2 is 1.91 bits per heavy atom. The summed E-state index contributed by atoms with van der Waals surface area (Å²) in [5, 5.41) is 23.8. The van der Waals surface area contributed by atoms with Gasteiger partial charge in [0.2, 0.25) is 11.7 Å². The molecule has 34 heavy (non-hydrogen) atoms. The van der Waals surface area contributed by atoms with Gasteiger partial charge in [0.15, 0.2) is 11.6 Å². The summed E-state index contributed by atoms with van der Waals surface area (Å²) in [6.07, 6.45) is 1.70. The zero-order valence-electron chi connectivity index (χ0n) is 20.4. The molecule has 4 spiro atoms. The Balaban J connectivity index is 1.51. The quantitative estimate of drug-likeness (QED) is 0.438. The van der Waals surface area contributed by atoms with Gasteiger partial charge in [0.1, 0.15) is 17.1 Å². The van der Waals surface area contributed by atoms with E-state index in [4.69, 9.17) is 14.2 Å². The van der Waals surface area contributed by atoms with Crippen LogP contribution in [0.25, 0.3) is 0 Å². The van der Waals surface area contributed by atoms with Crippen molar-refractivity contribution in [3.63, 3.8) is 0 Å². The Morgan fingerprint density at radius 1 is 1.18 bits per heavy atom. The van der Waals surface area contributed by atoms with Gasteiger partial charge < -0.3 is 29.3 Å². The monoisotopic (exact) mass is 473 g/mol. The number of amides is 1. The third kappa shape index (κ3) is 1.89. The Morgan fingerprint density at radius 3 is 2.62 bits per heavy atom. The van der Waals surface area contributed by atoms with E-state index in [1.807, 2.05) is 13.8 Å². The molecule has 0 aromatic rings. The van der Waals surface area contributed by atoms with Gasteiger partial charge in [0.25, 0.3) is 0 Å². The molecule has 8 fully saturated rings. The fourth-order valence-corrected chi connectivity index (χ4v) is 10.2. The number of carbonyl (C=O) groups is 2. The first-order valence-corrected chi connectivity index (χ1v) is 12.7. The number of Topliss-reactive ketones (excluding diaryl/α,β-unsaturated/α-hetero) is 1. The maximum atomic E-state index is 14.8. The second kappa shape index (κ2) is 5.80. The minimum Gasteiger partial charge on any atom is -0.392 e. The zero-order chi connectivity index (χ0) is 24.3. The Bertz CT molecular complexity index is 1040. The number of fused-ring (bicyclic) bond motifs is 2. The number of carbonyl (C=O) groups excluding carboxylic acids is 2. The lowest BCUT2D eigenvalue weighted by Gasteiger charge is -2.77. The molecule has 4 heterocycles. The van der Waals surface area contributed by atoms with Crippen molar-refractivity contribution < 1.29 is 34.0 Å². The van der Waals surface area contributed by atoms with Gasteiger partial charge in [-0.2, -0.15) is 0 Å². The molecule has 0 radical (unpaired) electrons. The van der Waals surface area contributed by atoms with Gasteiger partial charge in [-0.1, -0.05) is 20.4 Å². The highest BCUT2D eigenvalue weighted by Crippen LogP contribution is 2.81. The summed E-state index contributed by atoms with van der Waals surface area (Å²) in [7, 11) is 0. The molecular formula is C26H35NO7. The summed E-state index contributed by atoms with van der Waals surface area (Å²) in [4.78, 5) is 29.1. The van der Waals surface area contributed by atoms with Gasteiger partial charge in [-0.05, 0) is 56.9 Å². The fourth-order valence-electron chi connectivity index (χ4n) is 10.2. The molecule has 4 saturated carbocycles. The lowest BCUT2D eigenvalue weighted by molar-refractivity contribution is -0.534. The Labute approximate surface area is 199 Å². The highest BCUT2D eigenvalue weighted by Gasteiger charge is 2.94. The molecule has 0 aromatic carbocycles. The van der Waals surface area contributed by atoms with E-state index in [0.717, 1.165) is 6.42 Å². The number of rotatable bonds is 1. The van der Waals surface area contributed by atoms with Crippen molar-refractivity contribution in [3.05, 3.63) is 12.7 Å².